The highest BCUT2D eigenvalue weighted by molar-refractivity contribution is 7.19. The van der Waals surface area contributed by atoms with Gasteiger partial charge >= 0.3 is 0 Å². The summed E-state index contributed by atoms with van der Waals surface area (Å²) in [5, 5.41) is 5.97. The molecule has 0 fully saturated rings. The van der Waals surface area contributed by atoms with Crippen molar-refractivity contribution in [3.05, 3.63) is 22.1 Å². The van der Waals surface area contributed by atoms with E-state index in [0.717, 1.165) is 48.2 Å². The molecule has 0 saturated carbocycles. The summed E-state index contributed by atoms with van der Waals surface area (Å²) >= 11 is 1.74. The molecular formula is C20H29N5OS. The summed E-state index contributed by atoms with van der Waals surface area (Å²) in [6.45, 7) is 14.3. The number of unbranched alkanes of at least 4 members (excludes halogenated alkanes) is 1. The number of thiophene rings is 1. The fourth-order valence-corrected chi connectivity index (χ4v) is 4.93. The van der Waals surface area contributed by atoms with Crippen LogP contribution in [0, 0.1) is 6.92 Å². The summed E-state index contributed by atoms with van der Waals surface area (Å²) in [4.78, 5) is 14.5. The van der Waals surface area contributed by atoms with Gasteiger partial charge in [-0.1, -0.05) is 20.3 Å². The molecule has 4 heterocycles. The van der Waals surface area contributed by atoms with Crippen LogP contribution >= 0.6 is 11.3 Å². The number of nitrogens with zero attached hydrogens (tertiary/aromatic N) is 5. The summed E-state index contributed by atoms with van der Waals surface area (Å²) in [6, 6.07) is 0. The Morgan fingerprint density at radius 1 is 1.26 bits per heavy atom. The highest BCUT2D eigenvalue weighted by Gasteiger charge is 2.31. The van der Waals surface area contributed by atoms with Crippen LogP contribution in [0.1, 0.15) is 62.6 Å². The molecule has 0 aliphatic carbocycles. The number of hydrogen-bond donors (Lipinski definition) is 0. The summed E-state index contributed by atoms with van der Waals surface area (Å²) < 4.78 is 7.94. The van der Waals surface area contributed by atoms with E-state index in [2.05, 4.69) is 32.6 Å². The van der Waals surface area contributed by atoms with Crippen LogP contribution < -0.4 is 0 Å². The Labute approximate surface area is 164 Å². The normalized spacial score (nSPS) is 16.5. The second-order valence-corrected chi connectivity index (χ2v) is 9.14. The molecule has 27 heavy (non-hydrogen) atoms. The second-order valence-electron chi connectivity index (χ2n) is 8.05. The van der Waals surface area contributed by atoms with E-state index in [1.165, 1.54) is 28.7 Å². The molecule has 1 aliphatic rings. The second kappa shape index (κ2) is 7.11. The van der Waals surface area contributed by atoms with Gasteiger partial charge in [-0.25, -0.2) is 9.97 Å². The third-order valence-electron chi connectivity index (χ3n) is 5.35. The monoisotopic (exact) mass is 387 g/mol. The van der Waals surface area contributed by atoms with Crippen molar-refractivity contribution in [3.63, 3.8) is 0 Å². The van der Waals surface area contributed by atoms with E-state index in [1.54, 1.807) is 11.3 Å². The molecule has 3 aromatic heterocycles. The number of fused-ring (bicyclic) bond motifs is 5. The van der Waals surface area contributed by atoms with Crippen molar-refractivity contribution in [1.82, 2.24) is 24.5 Å². The van der Waals surface area contributed by atoms with Gasteiger partial charge in [0.1, 0.15) is 10.7 Å². The van der Waals surface area contributed by atoms with Crippen molar-refractivity contribution in [2.75, 3.05) is 13.1 Å². The number of aromatic nitrogens is 4. The lowest BCUT2D eigenvalue weighted by Gasteiger charge is -2.30. The van der Waals surface area contributed by atoms with Gasteiger partial charge < -0.3 is 4.74 Å². The Balaban J connectivity index is 1.79. The first-order valence-electron chi connectivity index (χ1n) is 9.94. The third-order valence-corrected chi connectivity index (χ3v) is 6.45. The zero-order chi connectivity index (χ0) is 19.2. The van der Waals surface area contributed by atoms with Gasteiger partial charge in [0, 0.05) is 11.3 Å². The van der Waals surface area contributed by atoms with Crippen LogP contribution in [0.25, 0.3) is 15.9 Å². The van der Waals surface area contributed by atoms with E-state index < -0.39 is 0 Å². The van der Waals surface area contributed by atoms with Crippen LogP contribution in [-0.4, -0.2) is 43.2 Å². The Morgan fingerprint density at radius 2 is 2.07 bits per heavy atom. The topological polar surface area (TPSA) is 55.6 Å². The average Bonchev–Trinajstić information content (AvgIpc) is 3.18. The fourth-order valence-electron chi connectivity index (χ4n) is 3.78. The summed E-state index contributed by atoms with van der Waals surface area (Å²) in [6.07, 6.45) is 3.30. The minimum absolute atomic E-state index is 0.148. The van der Waals surface area contributed by atoms with Gasteiger partial charge in [-0.3, -0.25) is 4.90 Å². The molecule has 0 atom stereocenters. The zero-order valence-corrected chi connectivity index (χ0v) is 17.8. The Morgan fingerprint density at radius 3 is 2.81 bits per heavy atom. The predicted octanol–water partition coefficient (Wildman–Crippen LogP) is 4.12. The first kappa shape index (κ1) is 18.8. The van der Waals surface area contributed by atoms with E-state index in [1.807, 2.05) is 11.4 Å². The van der Waals surface area contributed by atoms with Crippen molar-refractivity contribution < 1.29 is 4.74 Å². The maximum Gasteiger partial charge on any atom is 0.168 e. The molecule has 0 unspecified atom stereocenters. The molecule has 1 aliphatic heterocycles. The lowest BCUT2D eigenvalue weighted by molar-refractivity contribution is -0.0379. The molecule has 0 amide bonds. The molecule has 6 nitrogen and oxygen atoms in total. The molecule has 7 heteroatoms. The van der Waals surface area contributed by atoms with E-state index in [4.69, 9.17) is 19.8 Å². The van der Waals surface area contributed by atoms with Crippen molar-refractivity contribution in [2.45, 2.75) is 72.6 Å². The maximum absolute atomic E-state index is 6.01. The SMILES string of the molecule is CCCCN(CC)Cc1nc2c3c4c(sc3nc(C)n2n1)COC(C)(C)C4. The number of ether oxygens (including phenoxy) is 1. The summed E-state index contributed by atoms with van der Waals surface area (Å²) in [7, 11) is 0. The van der Waals surface area contributed by atoms with Crippen LogP contribution in [0.3, 0.4) is 0 Å². The van der Waals surface area contributed by atoms with E-state index in [0.29, 0.717) is 6.61 Å². The Kier molecular flexibility index (Phi) is 4.94. The lowest BCUT2D eigenvalue weighted by atomic mass is 9.94. The van der Waals surface area contributed by atoms with E-state index >= 15 is 0 Å². The Hall–Kier alpha value is -1.57. The van der Waals surface area contributed by atoms with E-state index in [-0.39, 0.29) is 5.60 Å². The van der Waals surface area contributed by atoms with Crippen molar-refractivity contribution >= 4 is 27.2 Å². The van der Waals surface area contributed by atoms with Gasteiger partial charge in [0.05, 0.1) is 24.1 Å². The molecule has 0 spiro atoms. The molecule has 3 aromatic rings. The Bertz CT molecular complexity index is 974. The van der Waals surface area contributed by atoms with E-state index in [9.17, 15) is 0 Å². The van der Waals surface area contributed by atoms with Crippen LogP contribution in [-0.2, 0) is 24.3 Å². The lowest BCUT2D eigenvalue weighted by Crippen LogP contribution is -2.31. The van der Waals surface area contributed by atoms with Gasteiger partial charge in [-0.15, -0.1) is 16.4 Å². The quantitative estimate of drug-likeness (QED) is 0.637. The number of aryl methyl sites for hydroxylation is 1. The zero-order valence-electron chi connectivity index (χ0n) is 17.0. The van der Waals surface area contributed by atoms with Gasteiger partial charge in [-0.05, 0) is 45.8 Å². The third kappa shape index (κ3) is 3.48. The average molecular weight is 388 g/mol. The number of rotatable bonds is 6. The van der Waals surface area contributed by atoms with Gasteiger partial charge in [0.25, 0.3) is 0 Å². The summed E-state index contributed by atoms with van der Waals surface area (Å²) in [5.41, 5.74) is 2.15. The van der Waals surface area contributed by atoms with Crippen LogP contribution in [0.2, 0.25) is 0 Å². The van der Waals surface area contributed by atoms with Gasteiger partial charge in [0.15, 0.2) is 11.5 Å². The van der Waals surface area contributed by atoms with Crippen LogP contribution in [0.15, 0.2) is 0 Å². The minimum Gasteiger partial charge on any atom is -0.370 e. The van der Waals surface area contributed by atoms with Crippen LogP contribution in [0.5, 0.6) is 0 Å². The molecule has 0 N–H and O–H groups in total. The standard InChI is InChI=1S/C20H29N5OS/c1-6-8-9-24(7-2)11-16-22-18-17-14-10-20(4,5)26-12-15(14)27-19(17)21-13(3)25(18)23-16/h6-12H2,1-5H3. The fraction of sp³-hybridized carbons (Fsp3) is 0.650. The van der Waals surface area contributed by atoms with Crippen molar-refractivity contribution in [1.29, 1.82) is 0 Å². The maximum atomic E-state index is 6.01. The predicted molar refractivity (Wildman–Crippen MR) is 109 cm³/mol. The first-order chi connectivity index (χ1) is 12.9. The largest absolute Gasteiger partial charge is 0.370 e. The molecule has 0 radical (unpaired) electrons. The highest BCUT2D eigenvalue weighted by Crippen LogP contribution is 2.39. The molecule has 0 bridgehead atoms. The molecule has 0 saturated heterocycles. The van der Waals surface area contributed by atoms with Gasteiger partial charge in [0.2, 0.25) is 0 Å². The van der Waals surface area contributed by atoms with Crippen molar-refractivity contribution in [2.24, 2.45) is 0 Å². The number of hydrogen-bond acceptors (Lipinski definition) is 6. The van der Waals surface area contributed by atoms with Crippen LogP contribution in [0.4, 0.5) is 0 Å². The highest BCUT2D eigenvalue weighted by atomic mass is 32.1. The minimum atomic E-state index is -0.148. The molecule has 4 rings (SSSR count). The van der Waals surface area contributed by atoms with Gasteiger partial charge in [-0.2, -0.15) is 4.52 Å². The molecule has 146 valence electrons. The molecular weight excluding hydrogens is 358 g/mol. The van der Waals surface area contributed by atoms with Crippen molar-refractivity contribution in [3.8, 4) is 0 Å². The first-order valence-corrected chi connectivity index (χ1v) is 10.8. The molecule has 0 aromatic carbocycles. The summed E-state index contributed by atoms with van der Waals surface area (Å²) in [5.74, 6) is 1.78. The smallest absolute Gasteiger partial charge is 0.168 e.